The van der Waals surface area contributed by atoms with Crippen LogP contribution in [0.15, 0.2) is 59.6 Å². The number of para-hydroxylation sites is 1. The second-order valence-electron chi connectivity index (χ2n) is 6.13. The largest absolute Gasteiger partial charge is 0.494 e. The van der Waals surface area contributed by atoms with Crippen molar-refractivity contribution in [1.82, 2.24) is 4.90 Å². The predicted octanol–water partition coefficient (Wildman–Crippen LogP) is 4.07. The van der Waals surface area contributed by atoms with E-state index in [9.17, 15) is 9.59 Å². The molecule has 146 valence electrons. The molecule has 1 atom stereocenters. The molecule has 0 radical (unpaired) electrons. The van der Waals surface area contributed by atoms with E-state index in [0.717, 1.165) is 5.69 Å². The lowest BCUT2D eigenvalue weighted by atomic mass is 10.2. The fraction of sp³-hybridized carbons (Fsp3) is 0.286. The maximum Gasteiger partial charge on any atom is 0.238 e. The maximum atomic E-state index is 12.8. The molecule has 0 unspecified atom stereocenters. The van der Waals surface area contributed by atoms with Gasteiger partial charge in [0.1, 0.15) is 11.0 Å². The average Bonchev–Trinajstić information content (AvgIpc) is 2.69. The van der Waals surface area contributed by atoms with Crippen LogP contribution in [0.3, 0.4) is 0 Å². The van der Waals surface area contributed by atoms with Gasteiger partial charge in [0.15, 0.2) is 5.17 Å². The molecule has 0 aliphatic carbocycles. The van der Waals surface area contributed by atoms with Crippen molar-refractivity contribution in [2.24, 2.45) is 4.99 Å². The molecule has 1 aliphatic rings. The minimum atomic E-state index is -0.534. The maximum absolute atomic E-state index is 12.8. The number of nitrogens with one attached hydrogen (secondary N) is 1. The molecule has 1 aliphatic heterocycles. The summed E-state index contributed by atoms with van der Waals surface area (Å²) in [5.74, 6) is 0.374. The van der Waals surface area contributed by atoms with E-state index in [4.69, 9.17) is 4.74 Å². The van der Waals surface area contributed by atoms with Crippen molar-refractivity contribution >= 4 is 40.1 Å². The third-order valence-corrected chi connectivity index (χ3v) is 5.33. The molecule has 2 aromatic carbocycles. The van der Waals surface area contributed by atoms with Gasteiger partial charge in [0.25, 0.3) is 0 Å². The van der Waals surface area contributed by atoms with Gasteiger partial charge in [-0.15, -0.1) is 0 Å². The molecule has 1 N–H and O–H groups in total. The van der Waals surface area contributed by atoms with Gasteiger partial charge in [0, 0.05) is 24.7 Å². The first kappa shape index (κ1) is 19.9. The van der Waals surface area contributed by atoms with Crippen LogP contribution in [0.1, 0.15) is 20.3 Å². The molecule has 1 fully saturated rings. The van der Waals surface area contributed by atoms with E-state index < -0.39 is 5.25 Å². The van der Waals surface area contributed by atoms with Crippen LogP contribution in [0.4, 0.5) is 11.4 Å². The Kier molecular flexibility index (Phi) is 6.71. The average molecular weight is 398 g/mol. The lowest BCUT2D eigenvalue weighted by Gasteiger charge is -2.30. The van der Waals surface area contributed by atoms with E-state index >= 15 is 0 Å². The van der Waals surface area contributed by atoms with E-state index in [-0.39, 0.29) is 18.2 Å². The Balaban J connectivity index is 1.76. The van der Waals surface area contributed by atoms with Crippen molar-refractivity contribution in [3.8, 4) is 5.75 Å². The molecular weight excluding hydrogens is 374 g/mol. The molecule has 3 rings (SSSR count). The van der Waals surface area contributed by atoms with Crippen molar-refractivity contribution in [1.29, 1.82) is 0 Å². The predicted molar refractivity (Wildman–Crippen MR) is 113 cm³/mol. The van der Waals surface area contributed by atoms with Gasteiger partial charge in [-0.3, -0.25) is 14.5 Å². The number of amides is 2. The summed E-state index contributed by atoms with van der Waals surface area (Å²) >= 11 is 1.32. The molecule has 0 aromatic heterocycles. The van der Waals surface area contributed by atoms with Crippen LogP contribution >= 0.6 is 11.8 Å². The third-order valence-electron chi connectivity index (χ3n) is 4.14. The monoisotopic (exact) mass is 397 g/mol. The SMILES string of the molecule is CCOc1cccc(NC(=O)[C@H]2CC(=O)N(CC)C(=Nc3ccccc3)S2)c1. The number of carbonyl (C=O) groups excluding carboxylic acids is 2. The second-order valence-corrected chi connectivity index (χ2v) is 7.30. The van der Waals surface area contributed by atoms with Crippen LogP contribution in [0, 0.1) is 0 Å². The summed E-state index contributed by atoms with van der Waals surface area (Å²) in [7, 11) is 0. The minimum Gasteiger partial charge on any atom is -0.494 e. The quantitative estimate of drug-likeness (QED) is 0.798. The molecule has 2 amide bonds. The number of hydrogen-bond acceptors (Lipinski definition) is 5. The Hall–Kier alpha value is -2.80. The van der Waals surface area contributed by atoms with E-state index in [1.54, 1.807) is 17.0 Å². The van der Waals surface area contributed by atoms with Crippen molar-refractivity contribution in [3.05, 3.63) is 54.6 Å². The smallest absolute Gasteiger partial charge is 0.238 e. The lowest BCUT2D eigenvalue weighted by molar-refractivity contribution is -0.129. The Morgan fingerprint density at radius 3 is 2.71 bits per heavy atom. The molecular formula is C21H23N3O3S. The van der Waals surface area contributed by atoms with Gasteiger partial charge in [-0.2, -0.15) is 0 Å². The van der Waals surface area contributed by atoms with Crippen molar-refractivity contribution < 1.29 is 14.3 Å². The molecule has 0 saturated carbocycles. The standard InChI is InChI=1S/C21H23N3O3S/c1-3-24-19(25)14-18(28-21(24)23-15-9-6-5-7-10-15)20(26)22-16-11-8-12-17(13-16)27-4-2/h5-13,18H,3-4,14H2,1-2H3,(H,22,26)/t18-/m1/s1. The zero-order chi connectivity index (χ0) is 19.9. The normalized spacial score (nSPS) is 18.2. The van der Waals surface area contributed by atoms with Gasteiger partial charge >= 0.3 is 0 Å². The van der Waals surface area contributed by atoms with Crippen LogP contribution in [0.25, 0.3) is 0 Å². The lowest BCUT2D eigenvalue weighted by Crippen LogP contribution is -2.45. The molecule has 6 nitrogen and oxygen atoms in total. The Morgan fingerprint density at radius 2 is 2.00 bits per heavy atom. The molecule has 2 aromatic rings. The highest BCUT2D eigenvalue weighted by Crippen LogP contribution is 2.30. The van der Waals surface area contributed by atoms with Crippen LogP contribution < -0.4 is 10.1 Å². The van der Waals surface area contributed by atoms with Gasteiger partial charge in [0.2, 0.25) is 11.8 Å². The van der Waals surface area contributed by atoms with Crippen LogP contribution in [-0.2, 0) is 9.59 Å². The summed E-state index contributed by atoms with van der Waals surface area (Å²) in [5.41, 5.74) is 1.39. The number of hydrogen-bond donors (Lipinski definition) is 1. The van der Waals surface area contributed by atoms with Gasteiger partial charge < -0.3 is 10.1 Å². The Morgan fingerprint density at radius 1 is 1.21 bits per heavy atom. The van der Waals surface area contributed by atoms with Gasteiger partial charge in [-0.25, -0.2) is 4.99 Å². The number of ether oxygens (including phenoxy) is 1. The summed E-state index contributed by atoms with van der Waals surface area (Å²) in [5, 5.41) is 2.90. The fourth-order valence-corrected chi connectivity index (χ4v) is 3.98. The highest BCUT2D eigenvalue weighted by Gasteiger charge is 2.35. The third kappa shape index (κ3) is 4.92. The first-order chi connectivity index (χ1) is 13.6. The number of benzene rings is 2. The van der Waals surface area contributed by atoms with Crippen molar-refractivity contribution in [3.63, 3.8) is 0 Å². The highest BCUT2D eigenvalue weighted by molar-refractivity contribution is 8.15. The summed E-state index contributed by atoms with van der Waals surface area (Å²) < 4.78 is 5.47. The topological polar surface area (TPSA) is 71.0 Å². The zero-order valence-corrected chi connectivity index (χ0v) is 16.7. The van der Waals surface area contributed by atoms with Gasteiger partial charge in [-0.1, -0.05) is 36.0 Å². The number of nitrogens with zero attached hydrogens (tertiary/aromatic N) is 2. The number of aliphatic imine (C=N–C) groups is 1. The Bertz CT molecular complexity index is 870. The van der Waals surface area contributed by atoms with E-state index in [1.165, 1.54) is 11.8 Å². The van der Waals surface area contributed by atoms with Crippen molar-refractivity contribution in [2.75, 3.05) is 18.5 Å². The summed E-state index contributed by atoms with van der Waals surface area (Å²) in [4.78, 5) is 31.5. The zero-order valence-electron chi connectivity index (χ0n) is 15.9. The Labute approximate surface area is 169 Å². The molecule has 0 spiro atoms. The molecule has 0 bridgehead atoms. The summed E-state index contributed by atoms with van der Waals surface area (Å²) in [6.45, 7) is 4.87. The number of anilines is 1. The van der Waals surface area contributed by atoms with E-state index in [1.807, 2.05) is 56.3 Å². The number of rotatable bonds is 6. The fourth-order valence-electron chi connectivity index (χ4n) is 2.82. The van der Waals surface area contributed by atoms with Crippen LogP contribution in [0.5, 0.6) is 5.75 Å². The minimum absolute atomic E-state index is 0.0980. The number of thioether (sulfide) groups is 1. The number of amidine groups is 1. The first-order valence-corrected chi connectivity index (χ1v) is 10.1. The van der Waals surface area contributed by atoms with E-state index in [2.05, 4.69) is 10.3 Å². The highest BCUT2D eigenvalue weighted by atomic mass is 32.2. The summed E-state index contributed by atoms with van der Waals surface area (Å²) in [6, 6.07) is 16.7. The number of carbonyl (C=O) groups is 2. The second kappa shape index (κ2) is 9.41. The van der Waals surface area contributed by atoms with Gasteiger partial charge in [0.05, 0.1) is 12.3 Å². The summed E-state index contributed by atoms with van der Waals surface area (Å²) in [6.07, 6.45) is 0.142. The first-order valence-electron chi connectivity index (χ1n) is 9.25. The molecule has 1 heterocycles. The molecule has 7 heteroatoms. The molecule has 28 heavy (non-hydrogen) atoms. The van der Waals surface area contributed by atoms with Crippen LogP contribution in [0.2, 0.25) is 0 Å². The van der Waals surface area contributed by atoms with E-state index in [0.29, 0.717) is 29.8 Å². The molecule has 1 saturated heterocycles. The van der Waals surface area contributed by atoms with Crippen LogP contribution in [-0.4, -0.2) is 40.3 Å². The van der Waals surface area contributed by atoms with Crippen molar-refractivity contribution in [2.45, 2.75) is 25.5 Å². The van der Waals surface area contributed by atoms with Gasteiger partial charge in [-0.05, 0) is 38.1 Å².